The van der Waals surface area contributed by atoms with Crippen LogP contribution in [0.25, 0.3) is 6.08 Å². The van der Waals surface area contributed by atoms with Gasteiger partial charge < -0.3 is 14.2 Å². The molecule has 0 N–H and O–H groups in total. The molecule has 0 saturated carbocycles. The van der Waals surface area contributed by atoms with Gasteiger partial charge in [0.25, 0.3) is 0 Å². The van der Waals surface area contributed by atoms with Crippen molar-refractivity contribution in [2.45, 2.75) is 27.2 Å². The monoisotopic (exact) mass is 354 g/mol. The number of aryl methyl sites for hydroxylation is 1. The van der Waals surface area contributed by atoms with E-state index in [4.69, 9.17) is 14.2 Å². The first-order valence-corrected chi connectivity index (χ1v) is 8.58. The minimum Gasteiger partial charge on any atom is -0.496 e. The van der Waals surface area contributed by atoms with E-state index in [2.05, 4.69) is 19.1 Å². The number of carbonyl (C=O) groups is 1. The standard InChI is InChI=1S/C22H26O4/c1-7-16-8-10-17(11-9-16)12-13-18(23)19-21(25-5)14(2)20(24-4)15(3)22(19)26-6/h8-13H,7H2,1-6H3/b13-12+. The van der Waals surface area contributed by atoms with Crippen LogP contribution in [0.15, 0.2) is 30.3 Å². The first-order chi connectivity index (χ1) is 12.5. The van der Waals surface area contributed by atoms with Gasteiger partial charge >= 0.3 is 0 Å². The van der Waals surface area contributed by atoms with Crippen molar-refractivity contribution in [3.8, 4) is 17.2 Å². The number of benzene rings is 2. The number of hydrogen-bond donors (Lipinski definition) is 0. The summed E-state index contributed by atoms with van der Waals surface area (Å²) in [6.07, 6.45) is 4.34. The summed E-state index contributed by atoms with van der Waals surface area (Å²) in [5, 5.41) is 0. The number of allylic oxidation sites excluding steroid dienone is 1. The van der Waals surface area contributed by atoms with Gasteiger partial charge in [-0.1, -0.05) is 37.3 Å². The number of carbonyl (C=O) groups excluding carboxylic acids is 1. The summed E-state index contributed by atoms with van der Waals surface area (Å²) >= 11 is 0. The molecule has 0 saturated heterocycles. The van der Waals surface area contributed by atoms with Crippen LogP contribution in [-0.4, -0.2) is 27.1 Å². The van der Waals surface area contributed by atoms with Crippen LogP contribution in [0.2, 0.25) is 0 Å². The van der Waals surface area contributed by atoms with Crippen molar-refractivity contribution in [1.82, 2.24) is 0 Å². The molecular formula is C22H26O4. The zero-order valence-corrected chi connectivity index (χ0v) is 16.3. The second-order valence-electron chi connectivity index (χ2n) is 6.02. The number of hydrogen-bond acceptors (Lipinski definition) is 4. The van der Waals surface area contributed by atoms with Crippen molar-refractivity contribution in [2.24, 2.45) is 0 Å². The minimum atomic E-state index is -0.174. The molecule has 0 radical (unpaired) electrons. The lowest BCUT2D eigenvalue weighted by Gasteiger charge is -2.19. The Bertz CT molecular complexity index is 786. The van der Waals surface area contributed by atoms with Crippen molar-refractivity contribution < 1.29 is 19.0 Å². The van der Waals surface area contributed by atoms with E-state index in [1.807, 2.05) is 26.0 Å². The third-order valence-corrected chi connectivity index (χ3v) is 4.49. The van der Waals surface area contributed by atoms with Crippen LogP contribution in [0.5, 0.6) is 17.2 Å². The van der Waals surface area contributed by atoms with Crippen LogP contribution in [0, 0.1) is 13.8 Å². The Kier molecular flexibility index (Phi) is 6.45. The number of ether oxygens (including phenoxy) is 3. The van der Waals surface area contributed by atoms with E-state index in [1.54, 1.807) is 33.5 Å². The molecule has 0 aliphatic heterocycles. The summed E-state index contributed by atoms with van der Waals surface area (Å²) in [5.41, 5.74) is 4.19. The van der Waals surface area contributed by atoms with E-state index < -0.39 is 0 Å². The molecule has 0 aromatic heterocycles. The van der Waals surface area contributed by atoms with Crippen LogP contribution in [-0.2, 0) is 6.42 Å². The quantitative estimate of drug-likeness (QED) is 0.530. The van der Waals surface area contributed by atoms with E-state index in [9.17, 15) is 4.79 Å². The Morgan fingerprint density at radius 2 is 1.38 bits per heavy atom. The molecule has 4 heteroatoms. The van der Waals surface area contributed by atoms with Crippen LogP contribution >= 0.6 is 0 Å². The Morgan fingerprint density at radius 1 is 0.885 bits per heavy atom. The highest BCUT2D eigenvalue weighted by Crippen LogP contribution is 2.43. The molecule has 0 spiro atoms. The van der Waals surface area contributed by atoms with Gasteiger partial charge in [-0.3, -0.25) is 4.79 Å². The summed E-state index contributed by atoms with van der Waals surface area (Å²) in [6.45, 7) is 5.85. The molecule has 2 aromatic rings. The van der Waals surface area contributed by atoms with Gasteiger partial charge in [-0.25, -0.2) is 0 Å². The fraction of sp³-hybridized carbons (Fsp3) is 0.318. The zero-order chi connectivity index (χ0) is 19.3. The SMILES string of the molecule is CCc1ccc(/C=C/C(=O)c2c(OC)c(C)c(OC)c(C)c2OC)cc1. The molecule has 0 aliphatic carbocycles. The molecule has 2 rings (SSSR count). The topological polar surface area (TPSA) is 44.8 Å². The molecule has 4 nitrogen and oxygen atoms in total. The predicted molar refractivity (Wildman–Crippen MR) is 105 cm³/mol. The summed E-state index contributed by atoms with van der Waals surface area (Å²) in [7, 11) is 4.68. The summed E-state index contributed by atoms with van der Waals surface area (Å²) in [4.78, 5) is 12.9. The van der Waals surface area contributed by atoms with Crippen molar-refractivity contribution in [3.63, 3.8) is 0 Å². The zero-order valence-electron chi connectivity index (χ0n) is 16.3. The van der Waals surface area contributed by atoms with Gasteiger partial charge in [-0.15, -0.1) is 0 Å². The van der Waals surface area contributed by atoms with Crippen LogP contribution in [0.3, 0.4) is 0 Å². The first kappa shape index (κ1) is 19.6. The maximum atomic E-state index is 12.9. The molecule has 0 fully saturated rings. The largest absolute Gasteiger partial charge is 0.496 e. The maximum Gasteiger partial charge on any atom is 0.193 e. The fourth-order valence-electron chi connectivity index (χ4n) is 3.13. The molecule has 0 aliphatic rings. The maximum absolute atomic E-state index is 12.9. The van der Waals surface area contributed by atoms with Crippen LogP contribution in [0.1, 0.15) is 39.5 Å². The second-order valence-corrected chi connectivity index (χ2v) is 6.02. The van der Waals surface area contributed by atoms with Crippen molar-refractivity contribution in [2.75, 3.05) is 21.3 Å². The second kappa shape index (κ2) is 8.56. The van der Waals surface area contributed by atoms with Gasteiger partial charge in [-0.05, 0) is 37.5 Å². The van der Waals surface area contributed by atoms with Gasteiger partial charge in [0.15, 0.2) is 5.78 Å². The van der Waals surface area contributed by atoms with E-state index >= 15 is 0 Å². The summed E-state index contributed by atoms with van der Waals surface area (Å²) < 4.78 is 16.5. The third kappa shape index (κ3) is 3.74. The highest BCUT2D eigenvalue weighted by Gasteiger charge is 2.25. The van der Waals surface area contributed by atoms with E-state index in [1.165, 1.54) is 5.56 Å². The fourth-order valence-corrected chi connectivity index (χ4v) is 3.13. The molecule has 26 heavy (non-hydrogen) atoms. The van der Waals surface area contributed by atoms with Crippen molar-refractivity contribution in [3.05, 3.63) is 58.2 Å². The highest BCUT2D eigenvalue weighted by molar-refractivity contribution is 6.11. The molecule has 0 amide bonds. The number of rotatable bonds is 7. The van der Waals surface area contributed by atoms with E-state index in [0.717, 1.165) is 23.1 Å². The summed E-state index contributed by atoms with van der Waals surface area (Å²) in [5.74, 6) is 1.43. The Morgan fingerprint density at radius 3 is 1.81 bits per heavy atom. The average Bonchev–Trinajstić information content (AvgIpc) is 2.66. The van der Waals surface area contributed by atoms with Gasteiger partial charge in [0.2, 0.25) is 0 Å². The Balaban J connectivity index is 2.48. The predicted octanol–water partition coefficient (Wildman–Crippen LogP) is 4.79. The molecular weight excluding hydrogens is 328 g/mol. The normalized spacial score (nSPS) is 10.8. The molecule has 0 unspecified atom stereocenters. The van der Waals surface area contributed by atoms with Gasteiger partial charge in [-0.2, -0.15) is 0 Å². The van der Waals surface area contributed by atoms with Crippen molar-refractivity contribution in [1.29, 1.82) is 0 Å². The lowest BCUT2D eigenvalue weighted by Crippen LogP contribution is -2.08. The summed E-state index contributed by atoms with van der Waals surface area (Å²) in [6, 6.07) is 8.13. The molecule has 138 valence electrons. The van der Waals surface area contributed by atoms with Crippen molar-refractivity contribution >= 4 is 11.9 Å². The van der Waals surface area contributed by atoms with Crippen LogP contribution < -0.4 is 14.2 Å². The number of methoxy groups -OCH3 is 3. The average molecular weight is 354 g/mol. The molecule has 2 aromatic carbocycles. The highest BCUT2D eigenvalue weighted by atomic mass is 16.5. The lowest BCUT2D eigenvalue weighted by atomic mass is 9.98. The Hall–Kier alpha value is -2.75. The van der Waals surface area contributed by atoms with E-state index in [0.29, 0.717) is 22.8 Å². The van der Waals surface area contributed by atoms with E-state index in [-0.39, 0.29) is 5.78 Å². The molecule has 0 heterocycles. The van der Waals surface area contributed by atoms with Gasteiger partial charge in [0.1, 0.15) is 22.8 Å². The Labute approximate surface area is 155 Å². The third-order valence-electron chi connectivity index (χ3n) is 4.49. The molecule has 0 atom stereocenters. The number of ketones is 1. The van der Waals surface area contributed by atoms with Gasteiger partial charge in [0.05, 0.1) is 21.3 Å². The minimum absolute atomic E-state index is 0.174. The van der Waals surface area contributed by atoms with Gasteiger partial charge in [0, 0.05) is 11.1 Å². The van der Waals surface area contributed by atoms with Crippen LogP contribution in [0.4, 0.5) is 0 Å². The molecule has 0 bridgehead atoms. The first-order valence-electron chi connectivity index (χ1n) is 8.58. The lowest BCUT2D eigenvalue weighted by molar-refractivity contribution is 0.104. The smallest absolute Gasteiger partial charge is 0.193 e.